The monoisotopic (exact) mass is 268 g/mol. The molecule has 0 aliphatic heterocycles. The van der Waals surface area contributed by atoms with Gasteiger partial charge in [0.1, 0.15) is 24.2 Å². The maximum Gasteiger partial charge on any atom is 0.242 e. The van der Waals surface area contributed by atoms with Gasteiger partial charge < -0.3 is 15.4 Å². The highest BCUT2D eigenvalue weighted by Crippen LogP contribution is 2.10. The van der Waals surface area contributed by atoms with Crippen LogP contribution in [-0.2, 0) is 9.59 Å². The van der Waals surface area contributed by atoms with Crippen LogP contribution < -0.4 is 15.4 Å². The second-order valence-electron chi connectivity index (χ2n) is 4.02. The quantitative estimate of drug-likeness (QED) is 0.751. The fourth-order valence-corrected chi connectivity index (χ4v) is 1.40. The molecule has 19 heavy (non-hydrogen) atoms. The number of rotatable bonds is 6. The molecule has 0 aliphatic carbocycles. The summed E-state index contributed by atoms with van der Waals surface area (Å²) in [7, 11) is 0. The van der Waals surface area contributed by atoms with Crippen LogP contribution in [0.3, 0.4) is 0 Å². The summed E-state index contributed by atoms with van der Waals surface area (Å²) < 4.78 is 17.9. The number of hydrogen-bond donors (Lipinski definition) is 2. The number of carbonyl (C=O) groups is 2. The molecule has 0 aliphatic rings. The Kier molecular flexibility index (Phi) is 5.78. The van der Waals surface area contributed by atoms with Gasteiger partial charge in [-0.1, -0.05) is 0 Å². The predicted molar refractivity (Wildman–Crippen MR) is 68.2 cm³/mol. The third-order valence-corrected chi connectivity index (χ3v) is 2.30. The summed E-state index contributed by atoms with van der Waals surface area (Å²) in [6.07, 6.45) is 0. The number of amides is 2. The number of hydrogen-bond acceptors (Lipinski definition) is 3. The van der Waals surface area contributed by atoms with Crippen molar-refractivity contribution in [3.05, 3.63) is 30.1 Å². The first-order valence-corrected chi connectivity index (χ1v) is 5.92. The molecule has 6 heteroatoms. The minimum atomic E-state index is -0.580. The highest BCUT2D eigenvalue weighted by atomic mass is 19.1. The second-order valence-corrected chi connectivity index (χ2v) is 4.02. The molecule has 0 heterocycles. The topological polar surface area (TPSA) is 67.4 Å². The van der Waals surface area contributed by atoms with E-state index in [1.807, 2.05) is 0 Å². The molecule has 0 saturated carbocycles. The van der Waals surface area contributed by atoms with E-state index in [1.54, 1.807) is 6.92 Å². The predicted octanol–water partition coefficient (Wildman–Crippen LogP) is 0.845. The maximum absolute atomic E-state index is 12.6. The van der Waals surface area contributed by atoms with Gasteiger partial charge >= 0.3 is 0 Å². The van der Waals surface area contributed by atoms with Crippen LogP contribution in [0.15, 0.2) is 24.3 Å². The third-order valence-electron chi connectivity index (χ3n) is 2.30. The minimum Gasteiger partial charge on any atom is -0.492 e. The van der Waals surface area contributed by atoms with Gasteiger partial charge in [-0.15, -0.1) is 0 Å². The zero-order valence-corrected chi connectivity index (χ0v) is 10.9. The first-order valence-electron chi connectivity index (χ1n) is 5.92. The Labute approximate surface area is 111 Å². The molecule has 0 saturated heterocycles. The Morgan fingerprint density at radius 3 is 2.53 bits per heavy atom. The van der Waals surface area contributed by atoms with E-state index in [2.05, 4.69) is 10.6 Å². The Morgan fingerprint density at radius 2 is 1.95 bits per heavy atom. The molecular formula is C13H17FN2O3. The van der Waals surface area contributed by atoms with Gasteiger partial charge in [-0.3, -0.25) is 9.59 Å². The number of benzene rings is 1. The lowest BCUT2D eigenvalue weighted by molar-refractivity contribution is -0.127. The number of halogens is 1. The smallest absolute Gasteiger partial charge is 0.242 e. The van der Waals surface area contributed by atoms with Crippen molar-refractivity contribution in [2.45, 2.75) is 19.9 Å². The molecule has 0 radical (unpaired) electrons. The molecule has 5 nitrogen and oxygen atoms in total. The van der Waals surface area contributed by atoms with Gasteiger partial charge in [0.15, 0.2) is 0 Å². The molecule has 1 aromatic rings. The van der Waals surface area contributed by atoms with E-state index in [9.17, 15) is 14.0 Å². The average Bonchev–Trinajstić information content (AvgIpc) is 2.35. The zero-order valence-electron chi connectivity index (χ0n) is 10.9. The molecule has 1 rings (SSSR count). The number of nitrogens with one attached hydrogen (secondary N) is 2. The van der Waals surface area contributed by atoms with E-state index in [0.29, 0.717) is 12.3 Å². The van der Waals surface area contributed by atoms with Crippen LogP contribution in [0.1, 0.15) is 13.8 Å². The molecular weight excluding hydrogens is 251 g/mol. The zero-order chi connectivity index (χ0) is 14.3. The van der Waals surface area contributed by atoms with Gasteiger partial charge in [0.05, 0.1) is 6.54 Å². The maximum atomic E-state index is 12.6. The van der Waals surface area contributed by atoms with Crippen molar-refractivity contribution in [3.8, 4) is 5.75 Å². The normalized spacial score (nSPS) is 11.5. The van der Waals surface area contributed by atoms with E-state index in [0.717, 1.165) is 0 Å². The van der Waals surface area contributed by atoms with Crippen LogP contribution in [0.4, 0.5) is 4.39 Å². The molecule has 0 aromatic heterocycles. The van der Waals surface area contributed by atoms with Crippen molar-refractivity contribution in [2.24, 2.45) is 0 Å². The van der Waals surface area contributed by atoms with Crippen molar-refractivity contribution in [1.29, 1.82) is 0 Å². The van der Waals surface area contributed by atoms with Gasteiger partial charge in [0.2, 0.25) is 11.8 Å². The Bertz CT molecular complexity index is 434. The molecule has 0 unspecified atom stereocenters. The molecule has 1 atom stereocenters. The van der Waals surface area contributed by atoms with E-state index in [4.69, 9.17) is 4.74 Å². The fourth-order valence-electron chi connectivity index (χ4n) is 1.40. The first-order chi connectivity index (χ1) is 8.99. The average molecular weight is 268 g/mol. The number of ether oxygens (including phenoxy) is 1. The second kappa shape index (κ2) is 7.35. The summed E-state index contributed by atoms with van der Waals surface area (Å²) >= 11 is 0. The van der Waals surface area contributed by atoms with Crippen molar-refractivity contribution in [3.63, 3.8) is 0 Å². The summed E-state index contributed by atoms with van der Waals surface area (Å²) in [6, 6.07) is 5.04. The summed E-state index contributed by atoms with van der Waals surface area (Å²) in [5, 5.41) is 5.09. The van der Waals surface area contributed by atoms with Gasteiger partial charge in [0.25, 0.3) is 0 Å². The van der Waals surface area contributed by atoms with Gasteiger partial charge in [-0.05, 0) is 31.2 Å². The molecule has 2 amide bonds. The molecule has 104 valence electrons. The largest absolute Gasteiger partial charge is 0.492 e. The lowest BCUT2D eigenvalue weighted by atomic mass is 10.3. The standard InChI is InChI=1S/C13H17FN2O3/c1-9(16-10(2)17)13(18)15-7-8-19-12-5-3-11(14)4-6-12/h3-6,9H,7-8H2,1-2H3,(H,15,18)(H,16,17)/t9-/m1/s1. The Balaban J connectivity index is 2.21. The molecule has 0 fully saturated rings. The summed E-state index contributed by atoms with van der Waals surface area (Å²) in [5.74, 6) is -0.335. The lowest BCUT2D eigenvalue weighted by Gasteiger charge is -2.13. The van der Waals surface area contributed by atoms with Crippen LogP contribution in [-0.4, -0.2) is 31.0 Å². The number of carbonyl (C=O) groups excluding carboxylic acids is 2. The summed E-state index contributed by atoms with van der Waals surface area (Å²) in [5.41, 5.74) is 0. The molecule has 0 spiro atoms. The highest BCUT2D eigenvalue weighted by molar-refractivity contribution is 5.86. The van der Waals surface area contributed by atoms with Gasteiger partial charge in [-0.2, -0.15) is 0 Å². The highest BCUT2D eigenvalue weighted by Gasteiger charge is 2.12. The summed E-state index contributed by atoms with van der Waals surface area (Å²) in [4.78, 5) is 22.3. The van der Waals surface area contributed by atoms with E-state index < -0.39 is 6.04 Å². The Hall–Kier alpha value is -2.11. The minimum absolute atomic E-state index is 0.259. The van der Waals surface area contributed by atoms with Gasteiger partial charge in [0, 0.05) is 6.92 Å². The first kappa shape index (κ1) is 14.9. The van der Waals surface area contributed by atoms with Gasteiger partial charge in [-0.25, -0.2) is 4.39 Å². The van der Waals surface area contributed by atoms with Crippen molar-refractivity contribution < 1.29 is 18.7 Å². The van der Waals surface area contributed by atoms with Crippen LogP contribution >= 0.6 is 0 Å². The third kappa shape index (κ3) is 5.85. The fraction of sp³-hybridized carbons (Fsp3) is 0.385. The SMILES string of the molecule is CC(=O)N[C@H](C)C(=O)NCCOc1ccc(F)cc1. The molecule has 1 aromatic carbocycles. The van der Waals surface area contributed by atoms with Crippen molar-refractivity contribution in [2.75, 3.05) is 13.2 Å². The van der Waals surface area contributed by atoms with Crippen molar-refractivity contribution >= 4 is 11.8 Å². The van der Waals surface area contributed by atoms with E-state index in [-0.39, 0.29) is 24.2 Å². The molecule has 0 bridgehead atoms. The van der Waals surface area contributed by atoms with Crippen LogP contribution in [0.2, 0.25) is 0 Å². The van der Waals surface area contributed by atoms with E-state index in [1.165, 1.54) is 31.2 Å². The Morgan fingerprint density at radius 1 is 1.32 bits per heavy atom. The lowest BCUT2D eigenvalue weighted by Crippen LogP contribution is -2.45. The van der Waals surface area contributed by atoms with Crippen LogP contribution in [0, 0.1) is 5.82 Å². The van der Waals surface area contributed by atoms with Crippen LogP contribution in [0.5, 0.6) is 5.75 Å². The van der Waals surface area contributed by atoms with Crippen LogP contribution in [0.25, 0.3) is 0 Å². The van der Waals surface area contributed by atoms with Crippen molar-refractivity contribution in [1.82, 2.24) is 10.6 Å². The molecule has 2 N–H and O–H groups in total. The summed E-state index contributed by atoms with van der Waals surface area (Å²) in [6.45, 7) is 3.52. The van der Waals surface area contributed by atoms with E-state index >= 15 is 0 Å².